The summed E-state index contributed by atoms with van der Waals surface area (Å²) in [6.45, 7) is 0.434. The molecular formula is C23H17Cl2NO3S. The molecule has 0 radical (unpaired) electrons. The van der Waals surface area contributed by atoms with E-state index in [0.717, 1.165) is 39.8 Å². The molecule has 1 heterocycles. The van der Waals surface area contributed by atoms with Gasteiger partial charge in [-0.15, -0.1) is 0 Å². The van der Waals surface area contributed by atoms with Crippen molar-refractivity contribution in [1.82, 2.24) is 5.32 Å². The second-order valence-electron chi connectivity index (χ2n) is 6.84. The summed E-state index contributed by atoms with van der Waals surface area (Å²) in [6, 6.07) is 21.0. The van der Waals surface area contributed by atoms with Crippen LogP contribution in [0.15, 0.2) is 66.7 Å². The van der Waals surface area contributed by atoms with E-state index < -0.39 is 0 Å². The van der Waals surface area contributed by atoms with Crippen molar-refractivity contribution in [3.05, 3.63) is 87.9 Å². The number of halogens is 2. The minimum atomic E-state index is -0.364. The molecule has 0 aromatic heterocycles. The molecule has 2 amide bonds. The van der Waals surface area contributed by atoms with Gasteiger partial charge in [0.1, 0.15) is 12.4 Å². The largest absolute Gasteiger partial charge is 0.489 e. The Morgan fingerprint density at radius 2 is 1.60 bits per heavy atom. The van der Waals surface area contributed by atoms with Crippen molar-refractivity contribution in [3.63, 3.8) is 0 Å². The van der Waals surface area contributed by atoms with Crippen molar-refractivity contribution in [2.24, 2.45) is 0 Å². The molecule has 3 aromatic carbocycles. The highest BCUT2D eigenvalue weighted by molar-refractivity contribution is 8.15. The smallest absolute Gasteiger partial charge is 0.286 e. The summed E-state index contributed by atoms with van der Waals surface area (Å²) in [4.78, 5) is 22.9. The van der Waals surface area contributed by atoms with Crippen LogP contribution in [0.2, 0.25) is 10.0 Å². The first-order chi connectivity index (χ1) is 14.5. The van der Waals surface area contributed by atoms with Gasteiger partial charge < -0.3 is 4.74 Å². The SMILES string of the molecule is O=C1NC(=O)C(Cc2ccc(OCc3ccc(-c4ccc(Cl)cc4Cl)cc3)cc2)S1. The number of nitrogens with one attached hydrogen (secondary N) is 1. The lowest BCUT2D eigenvalue weighted by molar-refractivity contribution is -0.118. The van der Waals surface area contributed by atoms with Gasteiger partial charge in [-0.1, -0.05) is 77.4 Å². The monoisotopic (exact) mass is 457 g/mol. The lowest BCUT2D eigenvalue weighted by Gasteiger charge is -2.10. The Labute approximate surface area is 188 Å². The zero-order valence-corrected chi connectivity index (χ0v) is 18.1. The van der Waals surface area contributed by atoms with Gasteiger partial charge in [-0.05, 0) is 47.4 Å². The number of hydrogen-bond acceptors (Lipinski definition) is 4. The standard InChI is InChI=1S/C23H17Cl2NO3S/c24-17-7-10-19(20(25)12-17)16-5-1-15(2-6-16)13-29-18-8-3-14(4-9-18)11-21-22(27)26-23(28)30-21/h1-10,12,21H,11,13H2,(H,26,27,28). The summed E-state index contributed by atoms with van der Waals surface area (Å²) in [5.41, 5.74) is 3.95. The minimum absolute atomic E-state index is 0.228. The third-order valence-corrected chi connectivity index (χ3v) is 6.24. The number of rotatable bonds is 6. The zero-order chi connectivity index (χ0) is 21.1. The van der Waals surface area contributed by atoms with E-state index in [4.69, 9.17) is 27.9 Å². The van der Waals surface area contributed by atoms with Crippen LogP contribution < -0.4 is 10.1 Å². The molecule has 4 rings (SSSR count). The molecule has 1 aliphatic heterocycles. The highest BCUT2D eigenvalue weighted by atomic mass is 35.5. The van der Waals surface area contributed by atoms with Crippen LogP contribution >= 0.6 is 35.0 Å². The van der Waals surface area contributed by atoms with Gasteiger partial charge in [0, 0.05) is 15.6 Å². The third kappa shape index (κ3) is 4.98. The predicted molar refractivity (Wildman–Crippen MR) is 121 cm³/mol. The molecule has 4 nitrogen and oxygen atoms in total. The summed E-state index contributed by atoms with van der Waals surface area (Å²) >= 11 is 13.3. The molecule has 7 heteroatoms. The van der Waals surface area contributed by atoms with Gasteiger partial charge in [0.25, 0.3) is 5.24 Å². The number of imide groups is 1. The van der Waals surface area contributed by atoms with Crippen LogP contribution in [0.25, 0.3) is 11.1 Å². The molecule has 0 aliphatic carbocycles. The van der Waals surface area contributed by atoms with Crippen LogP contribution in [0.5, 0.6) is 5.75 Å². The second-order valence-corrected chi connectivity index (χ2v) is 8.86. The highest BCUT2D eigenvalue weighted by Gasteiger charge is 2.31. The van der Waals surface area contributed by atoms with Gasteiger partial charge >= 0.3 is 0 Å². The Morgan fingerprint density at radius 3 is 2.23 bits per heavy atom. The molecule has 1 saturated heterocycles. The first kappa shape index (κ1) is 20.8. The van der Waals surface area contributed by atoms with Crippen molar-refractivity contribution in [3.8, 4) is 16.9 Å². The molecule has 3 aromatic rings. The van der Waals surface area contributed by atoms with E-state index >= 15 is 0 Å². The van der Waals surface area contributed by atoms with Crippen LogP contribution in [0.3, 0.4) is 0 Å². The predicted octanol–water partition coefficient (Wildman–Crippen LogP) is 6.13. The maximum Gasteiger partial charge on any atom is 0.286 e. The normalized spacial score (nSPS) is 15.9. The van der Waals surface area contributed by atoms with Crippen LogP contribution in [0.1, 0.15) is 11.1 Å². The molecule has 0 bridgehead atoms. The molecule has 1 fully saturated rings. The molecule has 152 valence electrons. The van der Waals surface area contributed by atoms with E-state index in [1.54, 1.807) is 6.07 Å². The van der Waals surface area contributed by atoms with Gasteiger partial charge in [0.15, 0.2) is 0 Å². The van der Waals surface area contributed by atoms with E-state index in [-0.39, 0.29) is 16.4 Å². The van der Waals surface area contributed by atoms with Crippen LogP contribution in [-0.2, 0) is 17.8 Å². The van der Waals surface area contributed by atoms with E-state index in [0.29, 0.717) is 23.1 Å². The quantitative estimate of drug-likeness (QED) is 0.483. The number of amides is 2. The van der Waals surface area contributed by atoms with Gasteiger partial charge in [-0.25, -0.2) is 0 Å². The Hall–Kier alpha value is -2.47. The summed E-state index contributed by atoms with van der Waals surface area (Å²) in [6.07, 6.45) is 0.511. The lowest BCUT2D eigenvalue weighted by Crippen LogP contribution is -2.25. The molecular weight excluding hydrogens is 441 g/mol. The average molecular weight is 458 g/mol. The van der Waals surface area contributed by atoms with Crippen LogP contribution in [0.4, 0.5) is 4.79 Å². The van der Waals surface area contributed by atoms with E-state index in [1.165, 1.54) is 0 Å². The number of benzene rings is 3. The summed E-state index contributed by atoms with van der Waals surface area (Å²) in [7, 11) is 0. The van der Waals surface area contributed by atoms with Crippen LogP contribution in [0, 0.1) is 0 Å². The molecule has 1 aliphatic rings. The number of hydrogen-bond donors (Lipinski definition) is 1. The molecule has 1 N–H and O–H groups in total. The Kier molecular flexibility index (Phi) is 6.32. The summed E-state index contributed by atoms with van der Waals surface area (Å²) < 4.78 is 5.86. The van der Waals surface area contributed by atoms with Crippen molar-refractivity contribution in [1.29, 1.82) is 0 Å². The molecule has 30 heavy (non-hydrogen) atoms. The van der Waals surface area contributed by atoms with E-state index in [1.807, 2.05) is 60.7 Å². The highest BCUT2D eigenvalue weighted by Crippen LogP contribution is 2.30. The molecule has 0 spiro atoms. The second kappa shape index (κ2) is 9.13. The number of ether oxygens (including phenoxy) is 1. The Morgan fingerprint density at radius 1 is 0.900 bits per heavy atom. The first-order valence-corrected chi connectivity index (χ1v) is 10.9. The van der Waals surface area contributed by atoms with Gasteiger partial charge in [0.05, 0.1) is 5.25 Å². The van der Waals surface area contributed by atoms with Gasteiger partial charge in [0.2, 0.25) is 5.91 Å². The topological polar surface area (TPSA) is 55.4 Å². The van der Waals surface area contributed by atoms with Crippen LogP contribution in [-0.4, -0.2) is 16.4 Å². The van der Waals surface area contributed by atoms with Crippen molar-refractivity contribution >= 4 is 46.1 Å². The van der Waals surface area contributed by atoms with Crippen molar-refractivity contribution in [2.45, 2.75) is 18.3 Å². The molecule has 1 atom stereocenters. The summed E-state index contributed by atoms with van der Waals surface area (Å²) in [5, 5.41) is 2.88. The summed E-state index contributed by atoms with van der Waals surface area (Å²) in [5.74, 6) is 0.511. The maximum atomic E-state index is 11.7. The molecule has 0 saturated carbocycles. The number of carbonyl (C=O) groups excluding carboxylic acids is 2. The fourth-order valence-electron chi connectivity index (χ4n) is 3.13. The minimum Gasteiger partial charge on any atom is -0.489 e. The number of carbonyl (C=O) groups is 2. The van der Waals surface area contributed by atoms with Gasteiger partial charge in [-0.2, -0.15) is 0 Å². The average Bonchev–Trinajstić information content (AvgIpc) is 3.05. The van der Waals surface area contributed by atoms with Crippen molar-refractivity contribution in [2.75, 3.05) is 0 Å². The van der Waals surface area contributed by atoms with Crippen molar-refractivity contribution < 1.29 is 14.3 Å². The molecule has 1 unspecified atom stereocenters. The Balaban J connectivity index is 1.34. The van der Waals surface area contributed by atoms with E-state index in [2.05, 4.69) is 5.32 Å². The fraction of sp³-hybridized carbons (Fsp3) is 0.130. The number of thioether (sulfide) groups is 1. The van der Waals surface area contributed by atoms with Gasteiger partial charge in [-0.3, -0.25) is 14.9 Å². The fourth-order valence-corrected chi connectivity index (χ4v) is 4.51. The lowest BCUT2D eigenvalue weighted by atomic mass is 10.0. The zero-order valence-electron chi connectivity index (χ0n) is 15.7. The Bertz CT molecular complexity index is 1080. The first-order valence-electron chi connectivity index (χ1n) is 9.25. The maximum absolute atomic E-state index is 11.7. The third-order valence-electron chi connectivity index (χ3n) is 4.71. The van der Waals surface area contributed by atoms with E-state index in [9.17, 15) is 9.59 Å².